The van der Waals surface area contributed by atoms with E-state index in [1.54, 1.807) is 19.2 Å². The van der Waals surface area contributed by atoms with Crippen molar-refractivity contribution in [1.29, 1.82) is 0 Å². The first kappa shape index (κ1) is 16.2. The van der Waals surface area contributed by atoms with E-state index >= 15 is 0 Å². The van der Waals surface area contributed by atoms with Crippen LogP contribution in [0.15, 0.2) is 36.4 Å². The molecule has 0 N–H and O–H groups in total. The lowest BCUT2D eigenvalue weighted by atomic mass is 10.0. The van der Waals surface area contributed by atoms with Gasteiger partial charge in [0.05, 0.1) is 20.3 Å². The van der Waals surface area contributed by atoms with E-state index < -0.39 is 6.10 Å². The molecule has 1 aliphatic heterocycles. The Morgan fingerprint density at radius 3 is 2.33 bits per heavy atom. The second-order valence-corrected chi connectivity index (χ2v) is 5.30. The Kier molecular flexibility index (Phi) is 4.60. The molecule has 2 aromatic rings. The molecule has 0 amide bonds. The zero-order valence-corrected chi connectivity index (χ0v) is 14.0. The predicted octanol–water partition coefficient (Wildman–Crippen LogP) is 3.81. The van der Waals surface area contributed by atoms with Crippen LogP contribution in [-0.4, -0.2) is 26.1 Å². The number of rotatable bonds is 6. The zero-order chi connectivity index (χ0) is 17.1. The molecule has 1 aliphatic rings. The van der Waals surface area contributed by atoms with Crippen LogP contribution in [0.1, 0.15) is 35.9 Å². The molecular weight excluding hydrogens is 308 g/mol. The van der Waals surface area contributed by atoms with Gasteiger partial charge >= 0.3 is 0 Å². The minimum atomic E-state index is -0.679. The van der Waals surface area contributed by atoms with Crippen molar-refractivity contribution in [3.05, 3.63) is 47.5 Å². The summed E-state index contributed by atoms with van der Waals surface area (Å²) in [6.45, 7) is 4.77. The van der Waals surface area contributed by atoms with Gasteiger partial charge in [-0.2, -0.15) is 0 Å². The number of carbonyl (C=O) groups excluding carboxylic acids is 1. The van der Waals surface area contributed by atoms with Gasteiger partial charge in [-0.3, -0.25) is 4.79 Å². The summed E-state index contributed by atoms with van der Waals surface area (Å²) in [5.74, 6) is 2.24. The third kappa shape index (κ3) is 2.89. The molecule has 0 aliphatic carbocycles. The summed E-state index contributed by atoms with van der Waals surface area (Å²) in [4.78, 5) is 12.8. The predicted molar refractivity (Wildman–Crippen MR) is 89.5 cm³/mol. The van der Waals surface area contributed by atoms with Gasteiger partial charge in [-0.25, -0.2) is 0 Å². The molecule has 0 aromatic heterocycles. The maximum absolute atomic E-state index is 12.8. The Bertz CT molecular complexity index is 736. The van der Waals surface area contributed by atoms with Gasteiger partial charge in [-0.05, 0) is 26.0 Å². The summed E-state index contributed by atoms with van der Waals surface area (Å²) in [5.41, 5.74) is 1.25. The van der Waals surface area contributed by atoms with Crippen molar-refractivity contribution in [3.8, 4) is 23.0 Å². The largest absolute Gasteiger partial charge is 0.497 e. The highest BCUT2D eigenvalue weighted by molar-refractivity contribution is 6.07. The average molecular weight is 328 g/mol. The van der Waals surface area contributed by atoms with Gasteiger partial charge < -0.3 is 18.9 Å². The molecule has 24 heavy (non-hydrogen) atoms. The summed E-state index contributed by atoms with van der Waals surface area (Å²) in [7, 11) is 1.60. The van der Waals surface area contributed by atoms with Crippen LogP contribution in [0.4, 0.5) is 0 Å². The summed E-state index contributed by atoms with van der Waals surface area (Å²) in [6.07, 6.45) is -0.679. The first-order valence-electron chi connectivity index (χ1n) is 7.96. The van der Waals surface area contributed by atoms with Crippen molar-refractivity contribution in [3.63, 3.8) is 0 Å². The molecule has 5 heteroatoms. The Morgan fingerprint density at radius 2 is 1.71 bits per heavy atom. The van der Waals surface area contributed by atoms with Crippen LogP contribution in [0, 0.1) is 0 Å². The SMILES string of the molecule is CCOc1cc(OCC)c2c(c1)O[C@H](c1ccc(OC)cc1)C2=O. The lowest BCUT2D eigenvalue weighted by molar-refractivity contribution is 0.0856. The average Bonchev–Trinajstić information content (AvgIpc) is 2.92. The number of hydrogen-bond donors (Lipinski definition) is 0. The number of fused-ring (bicyclic) bond motifs is 1. The summed E-state index contributed by atoms with van der Waals surface area (Å²) < 4.78 is 22.2. The topological polar surface area (TPSA) is 54.0 Å². The van der Waals surface area contributed by atoms with E-state index in [0.717, 1.165) is 11.3 Å². The molecule has 126 valence electrons. The van der Waals surface area contributed by atoms with Gasteiger partial charge in [-0.15, -0.1) is 0 Å². The van der Waals surface area contributed by atoms with Gasteiger partial charge in [-0.1, -0.05) is 12.1 Å². The molecule has 1 heterocycles. The summed E-state index contributed by atoms with van der Waals surface area (Å²) >= 11 is 0. The van der Waals surface area contributed by atoms with Crippen LogP contribution in [-0.2, 0) is 0 Å². The van der Waals surface area contributed by atoms with E-state index in [0.29, 0.717) is 36.0 Å². The number of Topliss-reactive ketones (excluding diaryl/α,β-unsaturated/α-hetero) is 1. The van der Waals surface area contributed by atoms with E-state index in [1.165, 1.54) is 0 Å². The number of methoxy groups -OCH3 is 1. The van der Waals surface area contributed by atoms with Crippen molar-refractivity contribution in [2.24, 2.45) is 0 Å². The molecule has 0 saturated heterocycles. The van der Waals surface area contributed by atoms with Crippen LogP contribution < -0.4 is 18.9 Å². The fourth-order valence-corrected chi connectivity index (χ4v) is 2.73. The molecule has 0 bridgehead atoms. The van der Waals surface area contributed by atoms with E-state index in [1.807, 2.05) is 38.1 Å². The number of ketones is 1. The van der Waals surface area contributed by atoms with E-state index in [2.05, 4.69) is 0 Å². The number of benzene rings is 2. The lowest BCUT2D eigenvalue weighted by Crippen LogP contribution is -2.11. The van der Waals surface area contributed by atoms with E-state index in [4.69, 9.17) is 18.9 Å². The van der Waals surface area contributed by atoms with Crippen molar-refractivity contribution >= 4 is 5.78 Å². The Morgan fingerprint density at radius 1 is 1.00 bits per heavy atom. The van der Waals surface area contributed by atoms with Crippen LogP contribution in [0.25, 0.3) is 0 Å². The second kappa shape index (κ2) is 6.83. The lowest BCUT2D eigenvalue weighted by Gasteiger charge is -2.11. The Labute approximate surface area is 141 Å². The maximum Gasteiger partial charge on any atom is 0.215 e. The monoisotopic (exact) mass is 328 g/mol. The van der Waals surface area contributed by atoms with Gasteiger partial charge in [0.15, 0.2) is 6.10 Å². The highest BCUT2D eigenvalue weighted by Crippen LogP contribution is 2.44. The van der Waals surface area contributed by atoms with Gasteiger partial charge in [0.1, 0.15) is 28.6 Å². The Balaban J connectivity index is 1.97. The maximum atomic E-state index is 12.8. The van der Waals surface area contributed by atoms with Crippen molar-refractivity contribution in [2.75, 3.05) is 20.3 Å². The van der Waals surface area contributed by atoms with Crippen LogP contribution in [0.2, 0.25) is 0 Å². The first-order chi connectivity index (χ1) is 11.7. The molecule has 0 fully saturated rings. The van der Waals surface area contributed by atoms with Crippen LogP contribution >= 0.6 is 0 Å². The third-order valence-corrected chi connectivity index (χ3v) is 3.80. The summed E-state index contributed by atoms with van der Waals surface area (Å²) in [5, 5.41) is 0. The standard InChI is InChI=1S/C19H20O5/c1-4-22-14-10-15(23-5-2)17-16(11-14)24-19(18(17)20)12-6-8-13(21-3)9-7-12/h6-11,19H,4-5H2,1-3H3/t19-/m1/s1. The smallest absolute Gasteiger partial charge is 0.215 e. The quantitative estimate of drug-likeness (QED) is 0.807. The first-order valence-corrected chi connectivity index (χ1v) is 7.96. The highest BCUT2D eigenvalue weighted by Gasteiger charge is 2.37. The summed E-state index contributed by atoms with van der Waals surface area (Å²) in [6, 6.07) is 10.8. The molecule has 5 nitrogen and oxygen atoms in total. The van der Waals surface area contributed by atoms with Crippen molar-refractivity contribution < 1.29 is 23.7 Å². The number of ether oxygens (including phenoxy) is 4. The number of carbonyl (C=O) groups is 1. The fraction of sp³-hybridized carbons (Fsp3) is 0.316. The molecule has 1 atom stereocenters. The molecular formula is C19H20O5. The van der Waals surface area contributed by atoms with Gasteiger partial charge in [0, 0.05) is 17.7 Å². The second-order valence-electron chi connectivity index (χ2n) is 5.30. The van der Waals surface area contributed by atoms with Crippen LogP contribution in [0.5, 0.6) is 23.0 Å². The highest BCUT2D eigenvalue weighted by atomic mass is 16.5. The molecule has 0 radical (unpaired) electrons. The van der Waals surface area contributed by atoms with E-state index in [-0.39, 0.29) is 5.78 Å². The van der Waals surface area contributed by atoms with Gasteiger partial charge in [0.2, 0.25) is 5.78 Å². The molecule has 0 saturated carbocycles. The van der Waals surface area contributed by atoms with Gasteiger partial charge in [0.25, 0.3) is 0 Å². The van der Waals surface area contributed by atoms with E-state index in [9.17, 15) is 4.79 Å². The normalized spacial score (nSPS) is 15.6. The Hall–Kier alpha value is -2.69. The van der Waals surface area contributed by atoms with Crippen molar-refractivity contribution in [2.45, 2.75) is 20.0 Å². The molecule has 2 aromatic carbocycles. The zero-order valence-electron chi connectivity index (χ0n) is 14.0. The minimum absolute atomic E-state index is 0.110. The van der Waals surface area contributed by atoms with Crippen molar-refractivity contribution in [1.82, 2.24) is 0 Å². The fourth-order valence-electron chi connectivity index (χ4n) is 2.73. The molecule has 0 spiro atoms. The van der Waals surface area contributed by atoms with Crippen LogP contribution in [0.3, 0.4) is 0 Å². The third-order valence-electron chi connectivity index (χ3n) is 3.80. The number of hydrogen-bond acceptors (Lipinski definition) is 5. The molecule has 3 rings (SSSR count). The minimum Gasteiger partial charge on any atom is -0.497 e. The molecule has 0 unspecified atom stereocenters.